The molecule has 0 aliphatic rings. The lowest BCUT2D eigenvalue weighted by atomic mass is 10.1. The van der Waals surface area contributed by atoms with E-state index < -0.39 is 5.97 Å². The minimum Gasteiger partial charge on any atom is -0.462 e. The first-order chi connectivity index (χ1) is 10.1. The van der Waals surface area contributed by atoms with Crippen molar-refractivity contribution in [2.45, 2.75) is 20.8 Å². The largest absolute Gasteiger partial charge is 0.462 e. The van der Waals surface area contributed by atoms with E-state index in [1.807, 2.05) is 18.2 Å². The monoisotopic (exact) mass is 306 g/mol. The molecule has 0 heterocycles. The van der Waals surface area contributed by atoms with Gasteiger partial charge in [0.05, 0.1) is 6.61 Å². The first-order valence-corrected chi connectivity index (χ1v) is 7.28. The molecule has 0 amide bonds. The third kappa shape index (κ3) is 4.51. The number of nitriles is 1. The maximum absolute atomic E-state index is 11.6. The van der Waals surface area contributed by atoms with Gasteiger partial charge in [-0.2, -0.15) is 5.26 Å². The summed E-state index contributed by atoms with van der Waals surface area (Å²) in [5, 5.41) is 9.52. The van der Waals surface area contributed by atoms with E-state index in [0.717, 1.165) is 18.8 Å². The molecule has 0 N–H and O–H groups in total. The van der Waals surface area contributed by atoms with Gasteiger partial charge in [0.15, 0.2) is 0 Å². The molecule has 0 saturated heterocycles. The summed E-state index contributed by atoms with van der Waals surface area (Å²) in [6.07, 6.45) is 1.45. The number of esters is 1. The lowest BCUT2D eigenvalue weighted by molar-refractivity contribution is -0.137. The fourth-order valence-electron chi connectivity index (χ4n) is 1.92. The number of hydrogen-bond donors (Lipinski definition) is 0. The van der Waals surface area contributed by atoms with Crippen molar-refractivity contribution in [3.05, 3.63) is 34.4 Å². The maximum Gasteiger partial charge on any atom is 0.348 e. The topological polar surface area (TPSA) is 53.3 Å². The molecule has 0 spiro atoms. The van der Waals surface area contributed by atoms with E-state index in [9.17, 15) is 4.79 Å². The molecule has 1 rings (SSSR count). The number of benzene rings is 1. The van der Waals surface area contributed by atoms with Crippen LogP contribution in [-0.2, 0) is 9.53 Å². The van der Waals surface area contributed by atoms with Gasteiger partial charge in [0, 0.05) is 23.8 Å². The highest BCUT2D eigenvalue weighted by atomic mass is 35.5. The van der Waals surface area contributed by atoms with E-state index in [1.165, 1.54) is 6.08 Å². The van der Waals surface area contributed by atoms with Gasteiger partial charge in [-0.05, 0) is 44.5 Å². The van der Waals surface area contributed by atoms with E-state index in [-0.39, 0.29) is 12.2 Å². The number of ether oxygens (including phenoxy) is 1. The number of rotatable bonds is 6. The Morgan fingerprint density at radius 1 is 1.38 bits per heavy atom. The first-order valence-electron chi connectivity index (χ1n) is 6.90. The molecule has 4 nitrogen and oxygen atoms in total. The molecule has 0 bridgehead atoms. The Labute approximate surface area is 130 Å². The van der Waals surface area contributed by atoms with Gasteiger partial charge in [-0.15, -0.1) is 0 Å². The number of carbonyl (C=O) groups is 1. The number of carbonyl (C=O) groups excluding carboxylic acids is 1. The van der Waals surface area contributed by atoms with Crippen molar-refractivity contribution >= 4 is 29.3 Å². The average molecular weight is 307 g/mol. The molecule has 1 aromatic rings. The van der Waals surface area contributed by atoms with Gasteiger partial charge < -0.3 is 9.64 Å². The molecule has 0 saturated carbocycles. The Balaban J connectivity index is 3.10. The Bertz CT molecular complexity index is 572. The van der Waals surface area contributed by atoms with Gasteiger partial charge in [-0.25, -0.2) is 4.79 Å². The molecule has 21 heavy (non-hydrogen) atoms. The molecule has 5 heteroatoms. The summed E-state index contributed by atoms with van der Waals surface area (Å²) in [4.78, 5) is 13.8. The van der Waals surface area contributed by atoms with Crippen LogP contribution >= 0.6 is 11.6 Å². The molecule has 0 radical (unpaired) electrons. The van der Waals surface area contributed by atoms with Crippen LogP contribution in [0.25, 0.3) is 6.08 Å². The lowest BCUT2D eigenvalue weighted by Crippen LogP contribution is -2.21. The highest BCUT2D eigenvalue weighted by Gasteiger charge is 2.11. The van der Waals surface area contributed by atoms with Crippen molar-refractivity contribution in [2.75, 3.05) is 24.6 Å². The van der Waals surface area contributed by atoms with Gasteiger partial charge in [0.2, 0.25) is 0 Å². The Morgan fingerprint density at radius 3 is 2.52 bits per heavy atom. The van der Waals surface area contributed by atoms with Crippen molar-refractivity contribution < 1.29 is 9.53 Å². The van der Waals surface area contributed by atoms with Crippen molar-refractivity contribution in [3.63, 3.8) is 0 Å². The third-order valence-electron chi connectivity index (χ3n) is 3.03. The fourth-order valence-corrected chi connectivity index (χ4v) is 2.15. The summed E-state index contributed by atoms with van der Waals surface area (Å²) in [6.45, 7) is 7.83. The molecule has 0 unspecified atom stereocenters. The van der Waals surface area contributed by atoms with Crippen LogP contribution in [0, 0.1) is 11.3 Å². The van der Waals surface area contributed by atoms with Gasteiger partial charge >= 0.3 is 5.97 Å². The maximum atomic E-state index is 11.6. The quantitative estimate of drug-likeness (QED) is 0.457. The molecule has 0 aromatic heterocycles. The second kappa shape index (κ2) is 8.33. The molecular formula is C16H19ClN2O2. The Kier molecular flexibility index (Phi) is 6.77. The minimum atomic E-state index is -0.635. The number of hydrogen-bond acceptors (Lipinski definition) is 4. The molecule has 0 aliphatic carbocycles. The minimum absolute atomic E-state index is 0.0608. The molecule has 0 atom stereocenters. The number of halogens is 1. The zero-order valence-corrected chi connectivity index (χ0v) is 13.3. The standard InChI is InChI=1S/C16H19ClN2O2/c1-4-19(5-2)14-8-7-12(15(17)10-14)9-13(11-18)16(20)21-6-3/h7-10H,4-6H2,1-3H3/b13-9+. The lowest BCUT2D eigenvalue weighted by Gasteiger charge is -2.21. The van der Waals surface area contributed by atoms with E-state index in [0.29, 0.717) is 10.6 Å². The summed E-state index contributed by atoms with van der Waals surface area (Å²) in [6, 6.07) is 7.39. The molecular weight excluding hydrogens is 288 g/mol. The zero-order chi connectivity index (χ0) is 15.8. The second-order valence-electron chi connectivity index (χ2n) is 4.27. The highest BCUT2D eigenvalue weighted by Crippen LogP contribution is 2.25. The van der Waals surface area contributed by atoms with Crippen molar-refractivity contribution in [2.24, 2.45) is 0 Å². The second-order valence-corrected chi connectivity index (χ2v) is 4.68. The van der Waals surface area contributed by atoms with Crippen LogP contribution in [0.15, 0.2) is 23.8 Å². The van der Waals surface area contributed by atoms with E-state index in [2.05, 4.69) is 18.7 Å². The van der Waals surface area contributed by atoms with Gasteiger partial charge in [-0.3, -0.25) is 0 Å². The van der Waals surface area contributed by atoms with Crippen LogP contribution in [0.3, 0.4) is 0 Å². The van der Waals surface area contributed by atoms with Gasteiger partial charge in [-0.1, -0.05) is 17.7 Å². The number of anilines is 1. The summed E-state index contributed by atoms with van der Waals surface area (Å²) in [5.41, 5.74) is 1.57. The van der Waals surface area contributed by atoms with Crippen molar-refractivity contribution in [1.82, 2.24) is 0 Å². The SMILES string of the molecule is CCOC(=O)/C(C#N)=C/c1ccc(N(CC)CC)cc1Cl. The predicted octanol–water partition coefficient (Wildman–Crippen LogP) is 3.66. The average Bonchev–Trinajstić information content (AvgIpc) is 2.48. The zero-order valence-electron chi connectivity index (χ0n) is 12.5. The summed E-state index contributed by atoms with van der Waals surface area (Å²) < 4.78 is 4.82. The van der Waals surface area contributed by atoms with Crippen molar-refractivity contribution in [3.8, 4) is 6.07 Å². The van der Waals surface area contributed by atoms with Crippen LogP contribution in [0.5, 0.6) is 0 Å². The van der Waals surface area contributed by atoms with Gasteiger partial charge in [0.1, 0.15) is 11.6 Å². The summed E-state index contributed by atoms with van der Waals surface area (Å²) in [5.74, 6) is -0.635. The first kappa shape index (κ1) is 17.1. The van der Waals surface area contributed by atoms with Crippen LogP contribution in [0.1, 0.15) is 26.3 Å². The van der Waals surface area contributed by atoms with Crippen LogP contribution in [0.2, 0.25) is 5.02 Å². The molecule has 0 fully saturated rings. The van der Waals surface area contributed by atoms with Gasteiger partial charge in [0.25, 0.3) is 0 Å². The van der Waals surface area contributed by atoms with Crippen LogP contribution in [-0.4, -0.2) is 25.7 Å². The molecule has 1 aromatic carbocycles. The summed E-state index contributed by atoms with van der Waals surface area (Å²) in [7, 11) is 0. The Morgan fingerprint density at radius 2 is 2.05 bits per heavy atom. The smallest absolute Gasteiger partial charge is 0.348 e. The van der Waals surface area contributed by atoms with E-state index in [1.54, 1.807) is 13.0 Å². The van der Waals surface area contributed by atoms with Crippen LogP contribution in [0.4, 0.5) is 5.69 Å². The summed E-state index contributed by atoms with van der Waals surface area (Å²) >= 11 is 6.24. The molecule has 112 valence electrons. The fraction of sp³-hybridized carbons (Fsp3) is 0.375. The van der Waals surface area contributed by atoms with E-state index in [4.69, 9.17) is 21.6 Å². The van der Waals surface area contributed by atoms with Crippen molar-refractivity contribution in [1.29, 1.82) is 5.26 Å². The molecule has 0 aliphatic heterocycles. The van der Waals surface area contributed by atoms with Crippen LogP contribution < -0.4 is 4.90 Å². The number of nitrogens with zero attached hydrogens (tertiary/aromatic N) is 2. The predicted molar refractivity (Wildman–Crippen MR) is 85.2 cm³/mol. The normalized spacial score (nSPS) is 10.9. The van der Waals surface area contributed by atoms with E-state index >= 15 is 0 Å². The third-order valence-corrected chi connectivity index (χ3v) is 3.36. The highest BCUT2D eigenvalue weighted by molar-refractivity contribution is 6.32. The Hall–Kier alpha value is -1.99.